The Morgan fingerprint density at radius 3 is 1.95 bits per heavy atom. The van der Waals surface area contributed by atoms with Gasteiger partial charge < -0.3 is 10.2 Å². The van der Waals surface area contributed by atoms with Gasteiger partial charge in [0, 0.05) is 0 Å². The Bertz CT molecular complexity index is 295. The number of rotatable bonds is 14. The Labute approximate surface area is 129 Å². The molecule has 1 atom stereocenters. The molecule has 122 valence electrons. The van der Waals surface area contributed by atoms with Crippen molar-refractivity contribution in [3.05, 3.63) is 24.3 Å². The van der Waals surface area contributed by atoms with Gasteiger partial charge in [-0.05, 0) is 32.1 Å². The lowest BCUT2D eigenvalue weighted by molar-refractivity contribution is -0.146. The highest BCUT2D eigenvalue weighted by atomic mass is 16.4. The van der Waals surface area contributed by atoms with Crippen molar-refractivity contribution in [3.8, 4) is 0 Å². The van der Waals surface area contributed by atoms with E-state index in [1.807, 2.05) is 0 Å². The fourth-order valence-electron chi connectivity index (χ4n) is 2.12. The van der Waals surface area contributed by atoms with Crippen LogP contribution in [-0.4, -0.2) is 22.3 Å². The van der Waals surface area contributed by atoms with Crippen LogP contribution in [-0.2, 0) is 4.79 Å². The normalized spacial score (nSPS) is 13.2. The molecule has 0 aliphatic rings. The lowest BCUT2D eigenvalue weighted by Gasteiger charge is -2.04. The van der Waals surface area contributed by atoms with Gasteiger partial charge in [0.25, 0.3) is 0 Å². The first kappa shape index (κ1) is 19.9. The summed E-state index contributed by atoms with van der Waals surface area (Å²) in [5.41, 5.74) is 0. The van der Waals surface area contributed by atoms with Crippen LogP contribution in [0.2, 0.25) is 0 Å². The standard InChI is InChI=1S/C18H32O3/c1-2-3-4-5-6-7-8-9-10-11-12-13-14-15-16-17(19)18(20)21/h7-10,17,19H,2-6,11-16H2,1H3,(H,20,21)/b8-7+,10-9-/t17-/m0/s1. The Balaban J connectivity index is 3.29. The molecule has 3 heteroatoms. The molecule has 0 saturated heterocycles. The highest BCUT2D eigenvalue weighted by molar-refractivity contribution is 5.71. The molecule has 2 N–H and O–H groups in total. The second-order valence-corrected chi connectivity index (χ2v) is 5.55. The lowest BCUT2D eigenvalue weighted by atomic mass is 10.1. The number of carbonyl (C=O) groups is 1. The maximum atomic E-state index is 10.4. The molecule has 3 nitrogen and oxygen atoms in total. The molecule has 21 heavy (non-hydrogen) atoms. The van der Waals surface area contributed by atoms with Gasteiger partial charge in [0.2, 0.25) is 0 Å². The largest absolute Gasteiger partial charge is 0.479 e. The SMILES string of the molecule is CCCCCC/C=C/C=C\CCCCCC[C@H](O)C(=O)O. The van der Waals surface area contributed by atoms with E-state index in [-0.39, 0.29) is 0 Å². The van der Waals surface area contributed by atoms with Crippen LogP contribution in [0.1, 0.15) is 77.6 Å². The van der Waals surface area contributed by atoms with Gasteiger partial charge >= 0.3 is 5.97 Å². The number of hydrogen-bond donors (Lipinski definition) is 2. The van der Waals surface area contributed by atoms with Crippen LogP contribution in [0.5, 0.6) is 0 Å². The fraction of sp³-hybridized carbons (Fsp3) is 0.722. The maximum Gasteiger partial charge on any atom is 0.332 e. The smallest absolute Gasteiger partial charge is 0.332 e. The predicted octanol–water partition coefficient (Wildman–Crippen LogP) is 4.86. The predicted molar refractivity (Wildman–Crippen MR) is 88.4 cm³/mol. The third-order valence-corrected chi connectivity index (χ3v) is 3.49. The molecule has 0 aromatic carbocycles. The van der Waals surface area contributed by atoms with E-state index in [1.165, 1.54) is 32.1 Å². The molecular formula is C18H32O3. The molecule has 0 rings (SSSR count). The number of hydrogen-bond acceptors (Lipinski definition) is 2. The quantitative estimate of drug-likeness (QED) is 0.355. The van der Waals surface area contributed by atoms with Gasteiger partial charge in [0.15, 0.2) is 6.10 Å². The molecule has 0 heterocycles. The van der Waals surface area contributed by atoms with E-state index >= 15 is 0 Å². The molecule has 0 aliphatic heterocycles. The first-order chi connectivity index (χ1) is 10.2. The minimum Gasteiger partial charge on any atom is -0.479 e. The van der Waals surface area contributed by atoms with Gasteiger partial charge in [0.05, 0.1) is 0 Å². The Morgan fingerprint density at radius 1 is 0.905 bits per heavy atom. The van der Waals surface area contributed by atoms with Crippen molar-refractivity contribution in [2.24, 2.45) is 0 Å². The average Bonchev–Trinajstić information content (AvgIpc) is 2.47. The number of carboxylic acids is 1. The summed E-state index contributed by atoms with van der Waals surface area (Å²) in [6.07, 6.45) is 19.4. The zero-order valence-corrected chi connectivity index (χ0v) is 13.5. The molecule has 0 saturated carbocycles. The first-order valence-electron chi connectivity index (χ1n) is 8.41. The van der Waals surface area contributed by atoms with E-state index in [1.54, 1.807) is 0 Å². The molecule has 0 aromatic heterocycles. The second kappa shape index (κ2) is 15.3. The Hall–Kier alpha value is -1.09. The monoisotopic (exact) mass is 296 g/mol. The fourth-order valence-corrected chi connectivity index (χ4v) is 2.12. The summed E-state index contributed by atoms with van der Waals surface area (Å²) >= 11 is 0. The van der Waals surface area contributed by atoms with Crippen molar-refractivity contribution in [2.45, 2.75) is 83.7 Å². The van der Waals surface area contributed by atoms with Crippen LogP contribution >= 0.6 is 0 Å². The second-order valence-electron chi connectivity index (χ2n) is 5.55. The van der Waals surface area contributed by atoms with E-state index in [9.17, 15) is 4.79 Å². The van der Waals surface area contributed by atoms with Gasteiger partial charge in [-0.3, -0.25) is 0 Å². The highest BCUT2D eigenvalue weighted by Gasteiger charge is 2.11. The van der Waals surface area contributed by atoms with E-state index in [0.717, 1.165) is 32.1 Å². The van der Waals surface area contributed by atoms with Crippen molar-refractivity contribution < 1.29 is 15.0 Å². The zero-order valence-electron chi connectivity index (χ0n) is 13.5. The molecule has 0 bridgehead atoms. The summed E-state index contributed by atoms with van der Waals surface area (Å²) in [6.45, 7) is 2.23. The molecule has 0 fully saturated rings. The summed E-state index contributed by atoms with van der Waals surface area (Å²) in [5.74, 6) is -1.11. The van der Waals surface area contributed by atoms with Gasteiger partial charge in [-0.2, -0.15) is 0 Å². The third-order valence-electron chi connectivity index (χ3n) is 3.49. The van der Waals surface area contributed by atoms with Crippen molar-refractivity contribution in [2.75, 3.05) is 0 Å². The van der Waals surface area contributed by atoms with Crippen molar-refractivity contribution >= 4 is 5.97 Å². The molecule has 0 aliphatic carbocycles. The molecule has 0 aromatic rings. The van der Waals surface area contributed by atoms with Crippen LogP contribution in [0, 0.1) is 0 Å². The number of allylic oxidation sites excluding steroid dienone is 4. The van der Waals surface area contributed by atoms with E-state index in [0.29, 0.717) is 6.42 Å². The Kier molecular flexibility index (Phi) is 14.5. The lowest BCUT2D eigenvalue weighted by Crippen LogP contribution is -2.18. The number of unbranched alkanes of at least 4 members (excludes halogenated alkanes) is 8. The van der Waals surface area contributed by atoms with Crippen LogP contribution < -0.4 is 0 Å². The minimum atomic E-state index is -1.19. The van der Waals surface area contributed by atoms with E-state index in [2.05, 4.69) is 31.2 Å². The van der Waals surface area contributed by atoms with Crippen LogP contribution in [0.25, 0.3) is 0 Å². The molecule has 0 radical (unpaired) electrons. The van der Waals surface area contributed by atoms with Gasteiger partial charge in [0.1, 0.15) is 0 Å². The molecule has 0 unspecified atom stereocenters. The summed E-state index contributed by atoms with van der Waals surface area (Å²) in [6, 6.07) is 0. The van der Waals surface area contributed by atoms with E-state index in [4.69, 9.17) is 10.2 Å². The number of carboxylic acid groups (broad SMARTS) is 1. The summed E-state index contributed by atoms with van der Waals surface area (Å²) < 4.78 is 0. The number of aliphatic hydroxyl groups excluding tert-OH is 1. The summed E-state index contributed by atoms with van der Waals surface area (Å²) in [4.78, 5) is 10.4. The number of aliphatic carboxylic acids is 1. The van der Waals surface area contributed by atoms with Gasteiger partial charge in [-0.15, -0.1) is 0 Å². The summed E-state index contributed by atoms with van der Waals surface area (Å²) in [5, 5.41) is 17.6. The van der Waals surface area contributed by atoms with Crippen molar-refractivity contribution in [1.82, 2.24) is 0 Å². The van der Waals surface area contributed by atoms with Crippen LogP contribution in [0.3, 0.4) is 0 Å². The van der Waals surface area contributed by atoms with Crippen LogP contribution in [0.15, 0.2) is 24.3 Å². The minimum absolute atomic E-state index is 0.367. The van der Waals surface area contributed by atoms with Crippen molar-refractivity contribution in [1.29, 1.82) is 0 Å². The van der Waals surface area contributed by atoms with Crippen molar-refractivity contribution in [3.63, 3.8) is 0 Å². The highest BCUT2D eigenvalue weighted by Crippen LogP contribution is 2.08. The molecule has 0 amide bonds. The zero-order chi connectivity index (χ0) is 15.8. The average molecular weight is 296 g/mol. The van der Waals surface area contributed by atoms with Crippen LogP contribution in [0.4, 0.5) is 0 Å². The number of aliphatic hydroxyl groups is 1. The van der Waals surface area contributed by atoms with Gasteiger partial charge in [-0.1, -0.05) is 69.8 Å². The summed E-state index contributed by atoms with van der Waals surface area (Å²) in [7, 11) is 0. The third kappa shape index (κ3) is 15.1. The van der Waals surface area contributed by atoms with Gasteiger partial charge in [-0.25, -0.2) is 4.79 Å². The topological polar surface area (TPSA) is 57.5 Å². The first-order valence-corrected chi connectivity index (χ1v) is 8.41. The molecular weight excluding hydrogens is 264 g/mol. The molecule has 0 spiro atoms. The maximum absolute atomic E-state index is 10.4. The Morgan fingerprint density at radius 2 is 1.43 bits per heavy atom. The van der Waals surface area contributed by atoms with E-state index < -0.39 is 12.1 Å².